The van der Waals surface area contributed by atoms with Gasteiger partial charge in [0.25, 0.3) is 0 Å². The molecule has 0 saturated carbocycles. The largest absolute Gasteiger partial charge is 0.425 e. The number of halogens is 4. The third-order valence-electron chi connectivity index (χ3n) is 1.24. The molecule has 0 unspecified atom stereocenters. The van der Waals surface area contributed by atoms with Crippen LogP contribution in [0.1, 0.15) is 10.4 Å². The van der Waals surface area contributed by atoms with Gasteiger partial charge in [0.05, 0.1) is 5.02 Å². The molecule has 62 valence electrons. The van der Waals surface area contributed by atoms with E-state index in [4.69, 9.17) is 11.6 Å². The lowest BCUT2D eigenvalue weighted by Gasteiger charge is -2.03. The average molecular weight is 201 g/mol. The molecule has 0 amide bonds. The summed E-state index contributed by atoms with van der Waals surface area (Å²) in [6.07, 6.45) is -4.26. The molecule has 0 bridgehead atoms. The predicted octanol–water partition coefficient (Wildman–Crippen LogP) is 3.73. The fourth-order valence-corrected chi connectivity index (χ4v) is 1.78. The van der Waals surface area contributed by atoms with E-state index in [2.05, 4.69) is 0 Å². The highest BCUT2D eigenvalue weighted by atomic mass is 35.5. The number of hydrogen-bond donors (Lipinski definition) is 0. The topological polar surface area (TPSA) is 0 Å². The van der Waals surface area contributed by atoms with E-state index in [0.717, 1.165) is 0 Å². The van der Waals surface area contributed by atoms with E-state index in [1.807, 2.05) is 0 Å². The van der Waals surface area contributed by atoms with Gasteiger partial charge in [-0.1, -0.05) is 11.6 Å². The quantitative estimate of drug-likeness (QED) is 0.599. The number of alkyl halides is 3. The van der Waals surface area contributed by atoms with Crippen molar-refractivity contribution in [1.82, 2.24) is 0 Å². The van der Waals surface area contributed by atoms with Crippen LogP contribution in [0.25, 0.3) is 0 Å². The van der Waals surface area contributed by atoms with Gasteiger partial charge in [0.15, 0.2) is 0 Å². The maximum atomic E-state index is 12.0. The van der Waals surface area contributed by atoms with Crippen LogP contribution in [-0.2, 0) is 6.18 Å². The Hall–Kier alpha value is -0.220. The Morgan fingerprint density at radius 3 is 2.18 bits per heavy atom. The molecule has 0 saturated heterocycles. The molecule has 0 aliphatic carbocycles. The van der Waals surface area contributed by atoms with Crippen molar-refractivity contribution in [2.45, 2.75) is 13.1 Å². The van der Waals surface area contributed by atoms with Gasteiger partial charge >= 0.3 is 6.18 Å². The van der Waals surface area contributed by atoms with Crippen LogP contribution in [0.2, 0.25) is 5.02 Å². The Bertz CT molecular complexity index is 263. The molecule has 11 heavy (non-hydrogen) atoms. The van der Waals surface area contributed by atoms with Crippen molar-refractivity contribution < 1.29 is 13.2 Å². The van der Waals surface area contributed by atoms with Crippen LogP contribution in [-0.4, -0.2) is 0 Å². The van der Waals surface area contributed by atoms with Crippen molar-refractivity contribution in [1.29, 1.82) is 0 Å². The molecule has 1 aromatic heterocycles. The van der Waals surface area contributed by atoms with Gasteiger partial charge in [-0.2, -0.15) is 13.2 Å². The van der Waals surface area contributed by atoms with Gasteiger partial charge in [-0.05, 0) is 12.5 Å². The van der Waals surface area contributed by atoms with Crippen LogP contribution in [0.3, 0.4) is 0 Å². The summed E-state index contributed by atoms with van der Waals surface area (Å²) < 4.78 is 36.0. The smallest absolute Gasteiger partial charge is 0.165 e. The van der Waals surface area contributed by atoms with Gasteiger partial charge in [-0.25, -0.2) is 0 Å². The van der Waals surface area contributed by atoms with Crippen molar-refractivity contribution >= 4 is 22.9 Å². The molecule has 0 atom stereocenters. The van der Waals surface area contributed by atoms with Gasteiger partial charge in [0, 0.05) is 5.38 Å². The lowest BCUT2D eigenvalue weighted by molar-refractivity contribution is -0.134. The van der Waals surface area contributed by atoms with Gasteiger partial charge < -0.3 is 0 Å². The second kappa shape index (κ2) is 2.68. The first kappa shape index (κ1) is 8.87. The summed E-state index contributed by atoms with van der Waals surface area (Å²) in [4.78, 5) is -0.609. The fraction of sp³-hybridized carbons (Fsp3) is 0.333. The van der Waals surface area contributed by atoms with Crippen molar-refractivity contribution in [3.05, 3.63) is 20.8 Å². The molecule has 0 aromatic carbocycles. The molecular formula is C6H4ClF3S. The first-order valence-corrected chi connectivity index (χ1v) is 3.99. The summed E-state index contributed by atoms with van der Waals surface area (Å²) in [5.74, 6) is 0. The molecule has 0 aliphatic heterocycles. The summed E-state index contributed by atoms with van der Waals surface area (Å²) in [5.41, 5.74) is 0.115. The molecule has 1 heterocycles. The second-order valence-corrected chi connectivity index (χ2v) is 3.32. The molecule has 0 fully saturated rings. The SMILES string of the molecule is Cc1c(Cl)csc1C(F)(F)F. The fourth-order valence-electron chi connectivity index (χ4n) is 0.675. The van der Waals surface area contributed by atoms with E-state index >= 15 is 0 Å². The zero-order valence-corrected chi connectivity index (χ0v) is 7.07. The summed E-state index contributed by atoms with van der Waals surface area (Å²) in [6, 6.07) is 0. The molecule has 0 spiro atoms. The third kappa shape index (κ3) is 1.68. The molecule has 1 aromatic rings. The van der Waals surface area contributed by atoms with Crippen LogP contribution < -0.4 is 0 Å². The Kier molecular flexibility index (Phi) is 2.16. The minimum absolute atomic E-state index is 0.115. The van der Waals surface area contributed by atoms with E-state index in [1.165, 1.54) is 12.3 Å². The van der Waals surface area contributed by atoms with E-state index in [9.17, 15) is 13.2 Å². The van der Waals surface area contributed by atoms with Crippen LogP contribution in [0, 0.1) is 6.92 Å². The van der Waals surface area contributed by atoms with Crippen molar-refractivity contribution in [2.24, 2.45) is 0 Å². The Morgan fingerprint density at radius 1 is 1.45 bits per heavy atom. The zero-order chi connectivity index (χ0) is 8.65. The highest BCUT2D eigenvalue weighted by Gasteiger charge is 2.34. The molecule has 0 aliphatic rings. The highest BCUT2D eigenvalue weighted by molar-refractivity contribution is 7.10. The molecule has 1 rings (SSSR count). The summed E-state index contributed by atoms with van der Waals surface area (Å²) in [7, 11) is 0. The van der Waals surface area contributed by atoms with Crippen molar-refractivity contribution in [2.75, 3.05) is 0 Å². The summed E-state index contributed by atoms with van der Waals surface area (Å²) in [6.45, 7) is 1.36. The minimum Gasteiger partial charge on any atom is -0.165 e. The monoisotopic (exact) mass is 200 g/mol. The lowest BCUT2D eigenvalue weighted by Crippen LogP contribution is -2.03. The zero-order valence-electron chi connectivity index (χ0n) is 5.50. The lowest BCUT2D eigenvalue weighted by atomic mass is 10.3. The first-order chi connectivity index (χ1) is 4.93. The number of hydrogen-bond acceptors (Lipinski definition) is 1. The standard InChI is InChI=1S/C6H4ClF3S/c1-3-4(7)2-11-5(3)6(8,9)10/h2H,1H3. The molecule has 0 radical (unpaired) electrons. The van der Waals surface area contributed by atoms with E-state index in [-0.39, 0.29) is 10.6 Å². The molecule has 5 heteroatoms. The summed E-state index contributed by atoms with van der Waals surface area (Å²) >= 11 is 6.07. The number of thiophene rings is 1. The maximum absolute atomic E-state index is 12.0. The predicted molar refractivity (Wildman–Crippen MR) is 39.1 cm³/mol. The maximum Gasteiger partial charge on any atom is 0.425 e. The van der Waals surface area contributed by atoms with E-state index in [1.54, 1.807) is 0 Å². The Morgan fingerprint density at radius 2 is 2.00 bits per heavy atom. The van der Waals surface area contributed by atoms with E-state index < -0.39 is 11.1 Å². The van der Waals surface area contributed by atoms with Crippen molar-refractivity contribution in [3.8, 4) is 0 Å². The minimum atomic E-state index is -4.26. The van der Waals surface area contributed by atoms with Crippen LogP contribution in [0.4, 0.5) is 13.2 Å². The molecular weight excluding hydrogens is 197 g/mol. The summed E-state index contributed by atoms with van der Waals surface area (Å²) in [5, 5.41) is 1.47. The average Bonchev–Trinajstić information content (AvgIpc) is 2.11. The van der Waals surface area contributed by atoms with E-state index in [0.29, 0.717) is 11.3 Å². The molecule has 0 N–H and O–H groups in total. The van der Waals surface area contributed by atoms with Crippen LogP contribution in [0.5, 0.6) is 0 Å². The normalized spacial score (nSPS) is 12.1. The van der Waals surface area contributed by atoms with Gasteiger partial charge in [0.1, 0.15) is 4.88 Å². The number of rotatable bonds is 0. The molecule has 0 nitrogen and oxygen atoms in total. The van der Waals surface area contributed by atoms with Crippen molar-refractivity contribution in [3.63, 3.8) is 0 Å². The van der Waals surface area contributed by atoms with Crippen LogP contribution >= 0.6 is 22.9 Å². The first-order valence-electron chi connectivity index (χ1n) is 2.73. The van der Waals surface area contributed by atoms with Crippen LogP contribution in [0.15, 0.2) is 5.38 Å². The third-order valence-corrected chi connectivity index (χ3v) is 2.89. The Labute approximate surface area is 70.6 Å². The van der Waals surface area contributed by atoms with Gasteiger partial charge in [0.2, 0.25) is 0 Å². The van der Waals surface area contributed by atoms with Gasteiger partial charge in [-0.3, -0.25) is 0 Å². The highest BCUT2D eigenvalue weighted by Crippen LogP contribution is 2.39. The second-order valence-electron chi connectivity index (χ2n) is 2.04. The van der Waals surface area contributed by atoms with Gasteiger partial charge in [-0.15, -0.1) is 11.3 Å². The Balaban J connectivity index is 3.15.